The van der Waals surface area contributed by atoms with E-state index in [4.69, 9.17) is 15.2 Å². The largest absolute Gasteiger partial charge is 0.492 e. The van der Waals surface area contributed by atoms with Crippen LogP contribution in [0.3, 0.4) is 0 Å². The summed E-state index contributed by atoms with van der Waals surface area (Å²) in [5, 5.41) is 0. The molecule has 1 aromatic carbocycles. The smallest absolute Gasteiger partial charge is 0.341 e. The second-order valence-electron chi connectivity index (χ2n) is 5.18. The maximum Gasteiger partial charge on any atom is 0.341 e. The first-order valence-electron chi connectivity index (χ1n) is 7.29. The fourth-order valence-corrected chi connectivity index (χ4v) is 2.35. The number of hydrogen-bond donors (Lipinski definition) is 2. The molecule has 0 fully saturated rings. The molecule has 1 aliphatic heterocycles. The van der Waals surface area contributed by atoms with Gasteiger partial charge in [-0.2, -0.15) is 13.4 Å². The summed E-state index contributed by atoms with van der Waals surface area (Å²) in [6.45, 7) is 0.126. The van der Waals surface area contributed by atoms with Crippen LogP contribution in [0.1, 0.15) is 22.3 Å². The van der Waals surface area contributed by atoms with Gasteiger partial charge in [-0.1, -0.05) is 12.1 Å². The summed E-state index contributed by atoms with van der Waals surface area (Å²) in [6.07, 6.45) is 2.53. The molecule has 1 aliphatic rings. The molecule has 1 amide bonds. The van der Waals surface area contributed by atoms with Crippen LogP contribution in [0.15, 0.2) is 28.8 Å². The number of ether oxygens (including phenoxy) is 2. The van der Waals surface area contributed by atoms with Crippen molar-refractivity contribution < 1.29 is 31.8 Å². The third kappa shape index (κ3) is 5.04. The molecule has 0 aliphatic carbocycles. The van der Waals surface area contributed by atoms with Gasteiger partial charge in [-0.3, -0.25) is 4.79 Å². The third-order valence-corrected chi connectivity index (χ3v) is 3.58. The van der Waals surface area contributed by atoms with E-state index in [0.29, 0.717) is 11.3 Å². The van der Waals surface area contributed by atoms with Crippen LogP contribution in [0.25, 0.3) is 6.08 Å². The number of carbonyl (C=O) groups is 2. The number of nitrogens with two attached hydrogens (primary N) is 1. The minimum atomic E-state index is -3.80. The van der Waals surface area contributed by atoms with Crippen LogP contribution in [0.2, 0.25) is 0 Å². The van der Waals surface area contributed by atoms with E-state index >= 15 is 0 Å². The molecular formula is C15H17N3O7S. The van der Waals surface area contributed by atoms with E-state index in [1.165, 1.54) is 13.2 Å². The Morgan fingerprint density at radius 3 is 2.73 bits per heavy atom. The van der Waals surface area contributed by atoms with Gasteiger partial charge in [-0.25, -0.2) is 10.3 Å². The highest BCUT2D eigenvalue weighted by Crippen LogP contribution is 2.30. The number of hydrogen-bond acceptors (Lipinski definition) is 7. The van der Waals surface area contributed by atoms with E-state index < -0.39 is 28.0 Å². The molecule has 3 N–H and O–H groups in total. The molecule has 10 nitrogen and oxygen atoms in total. The highest BCUT2D eigenvalue weighted by atomic mass is 32.2. The molecule has 0 unspecified atom stereocenters. The van der Waals surface area contributed by atoms with Gasteiger partial charge in [0.2, 0.25) is 5.96 Å². The Bertz CT molecular complexity index is 891. The quantitative estimate of drug-likeness (QED) is 0.316. The number of para-hydroxylation sites is 1. The Hall–Kier alpha value is -2.92. The summed E-state index contributed by atoms with van der Waals surface area (Å²) in [5.74, 6) is -1.48. The van der Waals surface area contributed by atoms with Gasteiger partial charge in [0.1, 0.15) is 11.3 Å². The first-order valence-corrected chi connectivity index (χ1v) is 9.10. The lowest BCUT2D eigenvalue weighted by Gasteiger charge is -2.10. The lowest BCUT2D eigenvalue weighted by Crippen LogP contribution is -2.34. The summed E-state index contributed by atoms with van der Waals surface area (Å²) < 4.78 is 36.3. The predicted octanol–water partition coefficient (Wildman–Crippen LogP) is -0.0388. The molecule has 140 valence electrons. The predicted molar refractivity (Wildman–Crippen MR) is 91.6 cm³/mol. The molecule has 11 heteroatoms. The molecule has 2 rings (SSSR count). The highest BCUT2D eigenvalue weighted by Gasteiger charge is 2.21. The van der Waals surface area contributed by atoms with E-state index in [1.54, 1.807) is 18.2 Å². The normalized spacial score (nSPS) is 14.4. The van der Waals surface area contributed by atoms with Gasteiger partial charge in [-0.05, 0) is 12.1 Å². The van der Waals surface area contributed by atoms with Crippen LogP contribution in [0, 0.1) is 0 Å². The van der Waals surface area contributed by atoms with Crippen molar-refractivity contribution in [3.63, 3.8) is 0 Å². The zero-order valence-electron chi connectivity index (χ0n) is 14.0. The third-order valence-electron chi connectivity index (χ3n) is 3.19. The first-order chi connectivity index (χ1) is 12.2. The Kier molecular flexibility index (Phi) is 5.95. The van der Waals surface area contributed by atoms with E-state index in [1.807, 2.05) is 5.48 Å². The highest BCUT2D eigenvalue weighted by molar-refractivity contribution is 7.85. The van der Waals surface area contributed by atoms with Gasteiger partial charge >= 0.3 is 5.97 Å². The fraction of sp³-hybridized carbons (Fsp3) is 0.267. The van der Waals surface area contributed by atoms with Crippen LogP contribution in [0.5, 0.6) is 5.75 Å². The molecule has 26 heavy (non-hydrogen) atoms. The van der Waals surface area contributed by atoms with Crippen molar-refractivity contribution in [2.45, 2.75) is 6.42 Å². The van der Waals surface area contributed by atoms with Crippen molar-refractivity contribution in [3.8, 4) is 5.75 Å². The SMILES string of the molecule is COC(=O)c1cccc2c1OCCC(C(=O)N=C(N)NOS(C)(=O)=O)=C2. The molecule has 0 spiro atoms. The summed E-state index contributed by atoms with van der Waals surface area (Å²) in [4.78, 5) is 27.6. The Morgan fingerprint density at radius 1 is 1.35 bits per heavy atom. The minimum absolute atomic E-state index is 0.126. The Labute approximate surface area is 149 Å². The van der Waals surface area contributed by atoms with Crippen molar-refractivity contribution in [1.29, 1.82) is 0 Å². The van der Waals surface area contributed by atoms with Crippen molar-refractivity contribution in [3.05, 3.63) is 34.9 Å². The van der Waals surface area contributed by atoms with Gasteiger partial charge in [0.15, 0.2) is 0 Å². The van der Waals surface area contributed by atoms with Crippen LogP contribution >= 0.6 is 0 Å². The molecular weight excluding hydrogens is 366 g/mol. The van der Waals surface area contributed by atoms with Crippen LogP contribution < -0.4 is 16.0 Å². The van der Waals surface area contributed by atoms with E-state index in [-0.39, 0.29) is 24.2 Å². The molecule has 0 radical (unpaired) electrons. The van der Waals surface area contributed by atoms with Crippen molar-refractivity contribution in [1.82, 2.24) is 5.48 Å². The van der Waals surface area contributed by atoms with Crippen LogP contribution in [0.4, 0.5) is 0 Å². The van der Waals surface area contributed by atoms with Crippen LogP contribution in [-0.4, -0.2) is 46.2 Å². The number of esters is 1. The average Bonchev–Trinajstić information content (AvgIpc) is 2.81. The van der Waals surface area contributed by atoms with Gasteiger partial charge < -0.3 is 15.2 Å². The number of nitrogens with one attached hydrogen (secondary N) is 1. The second-order valence-corrected chi connectivity index (χ2v) is 6.75. The Morgan fingerprint density at radius 2 is 2.08 bits per heavy atom. The number of nitrogens with zero attached hydrogens (tertiary/aromatic N) is 1. The zero-order chi connectivity index (χ0) is 19.3. The monoisotopic (exact) mass is 383 g/mol. The van der Waals surface area contributed by atoms with Gasteiger partial charge in [0.25, 0.3) is 16.0 Å². The molecule has 0 bridgehead atoms. The minimum Gasteiger partial charge on any atom is -0.492 e. The number of benzene rings is 1. The summed E-state index contributed by atoms with van der Waals surface area (Å²) in [5.41, 5.74) is 8.27. The van der Waals surface area contributed by atoms with Gasteiger partial charge in [0.05, 0.1) is 20.0 Å². The van der Waals surface area contributed by atoms with Crippen molar-refractivity contribution in [2.75, 3.05) is 20.0 Å². The maximum absolute atomic E-state index is 12.2. The molecule has 1 heterocycles. The second kappa shape index (κ2) is 7.97. The number of carbonyl (C=O) groups excluding carboxylic acids is 2. The lowest BCUT2D eigenvalue weighted by molar-refractivity contribution is -0.114. The van der Waals surface area contributed by atoms with Crippen molar-refractivity contribution >= 4 is 34.0 Å². The van der Waals surface area contributed by atoms with Crippen molar-refractivity contribution in [2.24, 2.45) is 10.7 Å². The molecule has 0 atom stereocenters. The van der Waals surface area contributed by atoms with E-state index in [2.05, 4.69) is 9.28 Å². The maximum atomic E-state index is 12.2. The molecule has 0 saturated heterocycles. The van der Waals surface area contributed by atoms with E-state index in [0.717, 1.165) is 6.26 Å². The standard InChI is InChI=1S/C15H17N3O7S/c1-23-14(20)11-5-3-4-9-8-10(6-7-24-12(9)11)13(19)17-15(16)18-25-26(2,21)22/h3-5,8H,6-7H2,1-2H3,(H3,16,17,18,19). The van der Waals surface area contributed by atoms with Gasteiger partial charge in [0, 0.05) is 17.6 Å². The summed E-state index contributed by atoms with van der Waals surface area (Å²) >= 11 is 0. The number of hydroxylamine groups is 1. The number of fused-ring (bicyclic) bond motifs is 1. The Balaban J connectivity index is 2.27. The topological polar surface area (TPSA) is 146 Å². The molecule has 0 saturated carbocycles. The van der Waals surface area contributed by atoms with Gasteiger partial charge in [-0.15, -0.1) is 4.28 Å². The number of rotatable bonds is 4. The van der Waals surface area contributed by atoms with Crippen LogP contribution in [-0.2, 0) is 23.9 Å². The fourth-order valence-electron chi connectivity index (χ4n) is 2.11. The number of amides is 1. The zero-order valence-corrected chi connectivity index (χ0v) is 14.8. The molecule has 1 aromatic rings. The number of aliphatic imine (C=N–C) groups is 1. The summed E-state index contributed by atoms with van der Waals surface area (Å²) in [6, 6.07) is 4.84. The average molecular weight is 383 g/mol. The number of methoxy groups -OCH3 is 1. The van der Waals surface area contributed by atoms with E-state index in [9.17, 15) is 18.0 Å². The molecule has 0 aromatic heterocycles. The number of guanidine groups is 1. The lowest BCUT2D eigenvalue weighted by atomic mass is 10.1. The first kappa shape index (κ1) is 19.4. The summed E-state index contributed by atoms with van der Waals surface area (Å²) in [7, 11) is -2.55.